The van der Waals surface area contributed by atoms with Crippen molar-refractivity contribution in [1.29, 1.82) is 0 Å². The van der Waals surface area contributed by atoms with Crippen molar-refractivity contribution in [2.75, 3.05) is 39.5 Å². The number of hydrogen-bond acceptors (Lipinski definition) is 6. The van der Waals surface area contributed by atoms with Crippen LogP contribution in [0.3, 0.4) is 0 Å². The Morgan fingerprint density at radius 2 is 1.76 bits per heavy atom. The summed E-state index contributed by atoms with van der Waals surface area (Å²) >= 11 is 1.77. The Bertz CT molecular complexity index is 674. The zero-order chi connectivity index (χ0) is 25.9. The molecular weight excluding hydrogens is 438 g/mol. The molecule has 1 fully saturated rings. The van der Waals surface area contributed by atoms with E-state index in [9.17, 15) is 14.4 Å². The minimum Gasteiger partial charge on any atom is -0.463 e. The first kappa shape index (κ1) is 31.5. The van der Waals surface area contributed by atoms with Crippen LogP contribution in [0, 0.1) is 11.8 Å². The smallest absolute Gasteiger partial charge is 0.333 e. The van der Waals surface area contributed by atoms with Gasteiger partial charge in [-0.3, -0.25) is 14.5 Å². The summed E-state index contributed by atoms with van der Waals surface area (Å²) in [7, 11) is 3.64. The lowest BCUT2D eigenvalue weighted by molar-refractivity contribution is -0.138. The summed E-state index contributed by atoms with van der Waals surface area (Å²) < 4.78 is 4.81. The van der Waals surface area contributed by atoms with Gasteiger partial charge in [0.2, 0.25) is 11.8 Å². The van der Waals surface area contributed by atoms with E-state index in [-0.39, 0.29) is 47.1 Å². The number of amides is 2. The summed E-state index contributed by atoms with van der Waals surface area (Å²) in [4.78, 5) is 41.1. The molecule has 2 atom stereocenters. The van der Waals surface area contributed by atoms with Crippen LogP contribution in [0.4, 0.5) is 0 Å². The standard InChI is InChI=1S/C21H37N3O4S.C4H10/c1-9-28-20(27)15(4)12-16(14(2)3)24(8)17(25)13-22-19(26)18-21(5,6)29-11-10-23(18)7;1-4(2)3/h12,14,16,18H,9-11,13H2,1-8H3,(H,22,26);4H,1-3H3/b15-12+;/t16-,18?;/m1./s1. The van der Waals surface area contributed by atoms with E-state index in [2.05, 4.69) is 39.9 Å². The van der Waals surface area contributed by atoms with Crippen molar-refractivity contribution in [3.05, 3.63) is 11.6 Å². The molecule has 8 heteroatoms. The molecule has 1 rings (SSSR count). The number of carbonyl (C=O) groups excluding carboxylic acids is 3. The molecule has 0 spiro atoms. The van der Waals surface area contributed by atoms with Gasteiger partial charge in [-0.25, -0.2) is 4.79 Å². The largest absolute Gasteiger partial charge is 0.463 e. The Morgan fingerprint density at radius 3 is 2.21 bits per heavy atom. The monoisotopic (exact) mass is 485 g/mol. The molecule has 0 aliphatic carbocycles. The van der Waals surface area contributed by atoms with Gasteiger partial charge in [-0.1, -0.05) is 40.7 Å². The molecule has 0 bridgehead atoms. The Morgan fingerprint density at radius 1 is 1.21 bits per heavy atom. The highest BCUT2D eigenvalue weighted by Crippen LogP contribution is 2.34. The van der Waals surface area contributed by atoms with Gasteiger partial charge in [0.25, 0.3) is 0 Å². The molecular formula is C25H47N3O4S. The summed E-state index contributed by atoms with van der Waals surface area (Å²) in [6.45, 7) is 19.1. The Labute approximate surface area is 206 Å². The molecule has 1 heterocycles. The zero-order valence-electron chi connectivity index (χ0n) is 22.7. The van der Waals surface area contributed by atoms with Crippen LogP contribution in [0.25, 0.3) is 0 Å². The van der Waals surface area contributed by atoms with Gasteiger partial charge >= 0.3 is 5.97 Å². The van der Waals surface area contributed by atoms with Crippen LogP contribution in [0.1, 0.15) is 62.3 Å². The van der Waals surface area contributed by atoms with E-state index in [0.717, 1.165) is 18.2 Å². The maximum atomic E-state index is 12.8. The van der Waals surface area contributed by atoms with Crippen molar-refractivity contribution in [3.63, 3.8) is 0 Å². The predicted octanol–water partition coefficient (Wildman–Crippen LogP) is 3.58. The minimum atomic E-state index is -0.382. The van der Waals surface area contributed by atoms with Gasteiger partial charge in [0.05, 0.1) is 19.2 Å². The number of nitrogens with zero attached hydrogens (tertiary/aromatic N) is 2. The molecule has 0 aromatic carbocycles. The van der Waals surface area contributed by atoms with Crippen molar-refractivity contribution >= 4 is 29.5 Å². The maximum Gasteiger partial charge on any atom is 0.333 e. The summed E-state index contributed by atoms with van der Waals surface area (Å²) in [5, 5.41) is 2.81. The molecule has 0 saturated carbocycles. The fraction of sp³-hybridized carbons (Fsp3) is 0.800. The molecule has 1 aliphatic heterocycles. The highest BCUT2D eigenvalue weighted by Gasteiger charge is 2.41. The number of thioether (sulfide) groups is 1. The van der Waals surface area contributed by atoms with Crippen molar-refractivity contribution < 1.29 is 19.1 Å². The summed E-state index contributed by atoms with van der Waals surface area (Å²) in [5.41, 5.74) is 0.469. The third kappa shape index (κ3) is 11.0. The second-order valence-electron chi connectivity index (χ2n) is 10.1. The van der Waals surface area contributed by atoms with Gasteiger partial charge in [0.1, 0.15) is 6.04 Å². The average Bonchev–Trinajstić information content (AvgIpc) is 2.68. The maximum absolute atomic E-state index is 12.8. The number of likely N-dealkylation sites (N-methyl/N-ethyl adjacent to an activating group) is 2. The molecule has 2 amide bonds. The third-order valence-electron chi connectivity index (χ3n) is 5.22. The normalized spacial score (nSPS) is 19.4. The Balaban J connectivity index is 0.00000235. The van der Waals surface area contributed by atoms with Gasteiger partial charge in [0, 0.05) is 29.7 Å². The molecule has 1 aliphatic rings. The molecule has 7 nitrogen and oxygen atoms in total. The quantitative estimate of drug-likeness (QED) is 0.418. The van der Waals surface area contributed by atoms with Crippen molar-refractivity contribution in [2.24, 2.45) is 11.8 Å². The SMILES string of the molecule is CC(C)C.CCOC(=O)/C(C)=C/[C@H](C(C)C)N(C)C(=O)CNC(=O)C1N(C)CCSC1(C)C. The van der Waals surface area contributed by atoms with E-state index < -0.39 is 0 Å². The summed E-state index contributed by atoms with van der Waals surface area (Å²) in [5.74, 6) is 1.20. The molecule has 0 aromatic rings. The van der Waals surface area contributed by atoms with E-state index >= 15 is 0 Å². The fourth-order valence-electron chi connectivity index (χ4n) is 3.58. The van der Waals surface area contributed by atoms with E-state index in [1.165, 1.54) is 0 Å². The molecule has 0 radical (unpaired) electrons. The van der Waals surface area contributed by atoms with Gasteiger partial charge in [-0.15, -0.1) is 0 Å². The van der Waals surface area contributed by atoms with E-state index in [4.69, 9.17) is 4.74 Å². The number of carbonyl (C=O) groups is 3. The Hall–Kier alpha value is -1.54. The van der Waals surface area contributed by atoms with Crippen LogP contribution in [-0.2, 0) is 19.1 Å². The third-order valence-corrected chi connectivity index (χ3v) is 6.58. The van der Waals surface area contributed by atoms with Crippen molar-refractivity contribution in [2.45, 2.75) is 79.1 Å². The van der Waals surface area contributed by atoms with Crippen LogP contribution >= 0.6 is 11.8 Å². The van der Waals surface area contributed by atoms with Gasteiger partial charge in [-0.2, -0.15) is 11.8 Å². The van der Waals surface area contributed by atoms with Crippen LogP contribution in [-0.4, -0.2) is 84.0 Å². The number of esters is 1. The van der Waals surface area contributed by atoms with Gasteiger partial charge in [-0.05, 0) is 46.6 Å². The zero-order valence-corrected chi connectivity index (χ0v) is 23.5. The second-order valence-corrected chi connectivity index (χ2v) is 11.8. The number of ether oxygens (including phenoxy) is 1. The predicted molar refractivity (Wildman–Crippen MR) is 138 cm³/mol. The minimum absolute atomic E-state index is 0.0735. The molecule has 1 unspecified atom stereocenters. The highest BCUT2D eigenvalue weighted by atomic mass is 32.2. The molecule has 33 heavy (non-hydrogen) atoms. The molecule has 0 aromatic heterocycles. The second kappa shape index (κ2) is 14.7. The first-order chi connectivity index (χ1) is 15.1. The van der Waals surface area contributed by atoms with E-state index in [1.54, 1.807) is 43.6 Å². The number of rotatable bonds is 8. The van der Waals surface area contributed by atoms with Crippen molar-refractivity contribution in [3.8, 4) is 0 Å². The lowest BCUT2D eigenvalue weighted by Crippen LogP contribution is -2.59. The molecule has 1 N–H and O–H groups in total. The number of hydrogen-bond donors (Lipinski definition) is 1. The Kier molecular flexibility index (Phi) is 14.0. The first-order valence-corrected chi connectivity index (χ1v) is 12.9. The summed E-state index contributed by atoms with van der Waals surface area (Å²) in [6.07, 6.45) is 1.76. The van der Waals surface area contributed by atoms with E-state index in [0.29, 0.717) is 12.2 Å². The van der Waals surface area contributed by atoms with E-state index in [1.807, 2.05) is 25.8 Å². The van der Waals surface area contributed by atoms with Crippen LogP contribution in [0.5, 0.6) is 0 Å². The average molecular weight is 486 g/mol. The molecule has 192 valence electrons. The topological polar surface area (TPSA) is 79.0 Å². The van der Waals surface area contributed by atoms with Crippen LogP contribution < -0.4 is 5.32 Å². The number of nitrogens with one attached hydrogen (secondary N) is 1. The van der Waals surface area contributed by atoms with Gasteiger partial charge in [0.15, 0.2) is 0 Å². The summed E-state index contributed by atoms with van der Waals surface area (Å²) in [6, 6.07) is -0.556. The lowest BCUT2D eigenvalue weighted by atomic mass is 9.99. The van der Waals surface area contributed by atoms with Crippen LogP contribution in [0.15, 0.2) is 11.6 Å². The van der Waals surface area contributed by atoms with Gasteiger partial charge < -0.3 is 15.0 Å². The first-order valence-electron chi connectivity index (χ1n) is 11.9. The van der Waals surface area contributed by atoms with Crippen molar-refractivity contribution in [1.82, 2.24) is 15.1 Å². The van der Waals surface area contributed by atoms with Crippen LogP contribution in [0.2, 0.25) is 0 Å². The highest BCUT2D eigenvalue weighted by molar-refractivity contribution is 8.00. The lowest BCUT2D eigenvalue weighted by Gasteiger charge is -2.43. The molecule has 1 saturated heterocycles. The fourth-order valence-corrected chi connectivity index (χ4v) is 4.93.